The van der Waals surface area contributed by atoms with Crippen molar-refractivity contribution in [3.63, 3.8) is 0 Å². The molecule has 0 aliphatic rings. The molecule has 0 fully saturated rings. The van der Waals surface area contributed by atoms with Crippen LogP contribution in [0.2, 0.25) is 0 Å². The molecule has 4 aromatic rings. The van der Waals surface area contributed by atoms with E-state index in [0.29, 0.717) is 6.54 Å². The van der Waals surface area contributed by atoms with Crippen molar-refractivity contribution >= 4 is 22.1 Å². The molecule has 2 aromatic carbocycles. The van der Waals surface area contributed by atoms with Crippen LogP contribution in [0.3, 0.4) is 0 Å². The zero-order chi connectivity index (χ0) is 17.2. The predicted molar refractivity (Wildman–Crippen MR) is 99.5 cm³/mol. The van der Waals surface area contributed by atoms with E-state index in [1.165, 1.54) is 5.52 Å². The second-order valence-corrected chi connectivity index (χ2v) is 6.54. The largest absolute Gasteiger partial charge is 0.326 e. The third-order valence-electron chi connectivity index (χ3n) is 4.33. The van der Waals surface area contributed by atoms with Crippen molar-refractivity contribution in [3.8, 4) is 0 Å². The fourth-order valence-corrected chi connectivity index (χ4v) is 3.14. The summed E-state index contributed by atoms with van der Waals surface area (Å²) in [7, 11) is 4.21. The molecule has 0 unspecified atom stereocenters. The number of hydrogen-bond donors (Lipinski definition) is 0. The smallest absolute Gasteiger partial charge is 0.133 e. The molecule has 6 heteroatoms. The molecule has 25 heavy (non-hydrogen) atoms. The second-order valence-electron chi connectivity index (χ2n) is 6.54. The number of benzene rings is 2. The number of aryl methyl sites for hydroxylation is 1. The van der Waals surface area contributed by atoms with Crippen molar-refractivity contribution < 1.29 is 0 Å². The molecule has 0 N–H and O–H groups in total. The molecule has 6 nitrogen and oxygen atoms in total. The van der Waals surface area contributed by atoms with E-state index in [2.05, 4.69) is 52.0 Å². The highest BCUT2D eigenvalue weighted by molar-refractivity contribution is 5.76. The van der Waals surface area contributed by atoms with Crippen LogP contribution < -0.4 is 0 Å². The lowest BCUT2D eigenvalue weighted by Gasteiger charge is -2.12. The summed E-state index contributed by atoms with van der Waals surface area (Å²) in [6.07, 6.45) is 1.08. The van der Waals surface area contributed by atoms with Crippen molar-refractivity contribution in [2.75, 3.05) is 20.6 Å². The predicted octanol–water partition coefficient (Wildman–Crippen LogP) is 2.78. The lowest BCUT2D eigenvalue weighted by Crippen LogP contribution is -2.17. The number of nitrogens with zero attached hydrogens (tertiary/aromatic N) is 6. The summed E-state index contributed by atoms with van der Waals surface area (Å²) in [6.45, 7) is 2.57. The lowest BCUT2D eigenvalue weighted by atomic mass is 10.3. The molecule has 2 aromatic heterocycles. The Balaban J connectivity index is 1.67. The first-order valence-corrected chi connectivity index (χ1v) is 8.59. The van der Waals surface area contributed by atoms with Gasteiger partial charge in [-0.1, -0.05) is 24.3 Å². The third kappa shape index (κ3) is 3.25. The topological polar surface area (TPSA) is 51.8 Å². The Morgan fingerprint density at radius 3 is 2.20 bits per heavy atom. The van der Waals surface area contributed by atoms with Crippen LogP contribution in [-0.2, 0) is 13.1 Å². The number of hydrogen-bond acceptors (Lipinski definition) is 4. The van der Waals surface area contributed by atoms with Crippen LogP contribution in [0.1, 0.15) is 12.2 Å². The van der Waals surface area contributed by atoms with Gasteiger partial charge in [-0.25, -0.2) is 4.98 Å². The van der Waals surface area contributed by atoms with Gasteiger partial charge in [0.25, 0.3) is 0 Å². The summed E-state index contributed by atoms with van der Waals surface area (Å²) in [5, 5.41) is 9.14. The van der Waals surface area contributed by atoms with Gasteiger partial charge in [0.05, 0.1) is 11.0 Å². The monoisotopic (exact) mass is 334 g/mol. The first-order chi connectivity index (χ1) is 12.2. The Labute approximate surface area is 146 Å². The fourth-order valence-electron chi connectivity index (χ4n) is 3.14. The normalized spacial score (nSPS) is 11.8. The second kappa shape index (κ2) is 6.64. The van der Waals surface area contributed by atoms with Crippen LogP contribution in [0.5, 0.6) is 0 Å². The number of fused-ring (bicyclic) bond motifs is 2. The molecule has 4 rings (SSSR count). The molecule has 0 amide bonds. The molecule has 0 spiro atoms. The van der Waals surface area contributed by atoms with E-state index in [0.717, 1.165) is 41.9 Å². The van der Waals surface area contributed by atoms with Gasteiger partial charge in [-0.05, 0) is 51.3 Å². The molecule has 128 valence electrons. The van der Waals surface area contributed by atoms with Gasteiger partial charge in [0.15, 0.2) is 0 Å². The Kier molecular flexibility index (Phi) is 4.19. The molecule has 0 aliphatic carbocycles. The van der Waals surface area contributed by atoms with Crippen molar-refractivity contribution in [3.05, 3.63) is 54.4 Å². The van der Waals surface area contributed by atoms with Crippen LogP contribution >= 0.6 is 0 Å². The first kappa shape index (κ1) is 15.8. The van der Waals surface area contributed by atoms with E-state index in [9.17, 15) is 0 Å². The molecule has 0 atom stereocenters. The van der Waals surface area contributed by atoms with Gasteiger partial charge < -0.3 is 9.47 Å². The van der Waals surface area contributed by atoms with Gasteiger partial charge in [-0.3, -0.25) is 0 Å². The lowest BCUT2D eigenvalue weighted by molar-refractivity contribution is 0.385. The highest BCUT2D eigenvalue weighted by atomic mass is 15.5. The summed E-state index contributed by atoms with van der Waals surface area (Å²) in [5.41, 5.74) is 4.03. The highest BCUT2D eigenvalue weighted by Crippen LogP contribution is 2.18. The standard InChI is InChI=1S/C19H22N6/c1-23(2)12-7-13-24-18-11-6-5-10-17(18)20-19(24)14-25-21-15-8-3-4-9-16(15)22-25/h3-6,8-11H,7,12-14H2,1-2H3. The van der Waals surface area contributed by atoms with Crippen molar-refractivity contribution in [2.24, 2.45) is 0 Å². The Morgan fingerprint density at radius 1 is 0.880 bits per heavy atom. The zero-order valence-electron chi connectivity index (χ0n) is 14.6. The maximum atomic E-state index is 4.82. The number of aromatic nitrogens is 5. The highest BCUT2D eigenvalue weighted by Gasteiger charge is 2.12. The minimum absolute atomic E-state index is 0.575. The molecule has 0 saturated heterocycles. The molecular weight excluding hydrogens is 312 g/mol. The van der Waals surface area contributed by atoms with Gasteiger partial charge in [0, 0.05) is 6.54 Å². The number of imidazole rings is 1. The van der Waals surface area contributed by atoms with Gasteiger partial charge in [-0.15, -0.1) is 0 Å². The molecule has 0 aliphatic heterocycles. The average molecular weight is 334 g/mol. The van der Waals surface area contributed by atoms with E-state index < -0.39 is 0 Å². The van der Waals surface area contributed by atoms with E-state index in [1.807, 2.05) is 30.3 Å². The van der Waals surface area contributed by atoms with Gasteiger partial charge in [-0.2, -0.15) is 15.0 Å². The van der Waals surface area contributed by atoms with E-state index in [4.69, 9.17) is 4.98 Å². The molecule has 0 radical (unpaired) electrons. The Morgan fingerprint density at radius 2 is 1.52 bits per heavy atom. The van der Waals surface area contributed by atoms with E-state index in [-0.39, 0.29) is 0 Å². The molecular formula is C19H22N6. The van der Waals surface area contributed by atoms with Crippen LogP contribution in [-0.4, -0.2) is 50.1 Å². The third-order valence-corrected chi connectivity index (χ3v) is 4.33. The van der Waals surface area contributed by atoms with Crippen LogP contribution in [0.25, 0.3) is 22.1 Å². The summed E-state index contributed by atoms with van der Waals surface area (Å²) in [5.74, 6) is 1.00. The van der Waals surface area contributed by atoms with Crippen LogP contribution in [0, 0.1) is 0 Å². The minimum Gasteiger partial charge on any atom is -0.326 e. The fraction of sp³-hybridized carbons (Fsp3) is 0.316. The summed E-state index contributed by atoms with van der Waals surface area (Å²) in [6, 6.07) is 16.2. The van der Waals surface area contributed by atoms with Crippen molar-refractivity contribution in [1.82, 2.24) is 29.4 Å². The first-order valence-electron chi connectivity index (χ1n) is 8.59. The number of rotatable bonds is 6. The van der Waals surface area contributed by atoms with Gasteiger partial charge in [0.1, 0.15) is 23.4 Å². The quantitative estimate of drug-likeness (QED) is 0.544. The average Bonchev–Trinajstić information content (AvgIpc) is 3.16. The van der Waals surface area contributed by atoms with E-state index in [1.54, 1.807) is 4.80 Å². The van der Waals surface area contributed by atoms with Crippen LogP contribution in [0.4, 0.5) is 0 Å². The zero-order valence-corrected chi connectivity index (χ0v) is 14.6. The summed E-state index contributed by atoms with van der Waals surface area (Å²) < 4.78 is 2.30. The summed E-state index contributed by atoms with van der Waals surface area (Å²) >= 11 is 0. The van der Waals surface area contributed by atoms with Crippen LogP contribution in [0.15, 0.2) is 48.5 Å². The maximum Gasteiger partial charge on any atom is 0.133 e. The number of para-hydroxylation sites is 2. The molecule has 0 bridgehead atoms. The molecule has 0 saturated carbocycles. The Hall–Kier alpha value is -2.73. The Bertz CT molecular complexity index is 964. The molecule has 2 heterocycles. The summed E-state index contributed by atoms with van der Waals surface area (Å²) in [4.78, 5) is 8.78. The van der Waals surface area contributed by atoms with Crippen molar-refractivity contribution in [2.45, 2.75) is 19.5 Å². The van der Waals surface area contributed by atoms with Crippen molar-refractivity contribution in [1.29, 1.82) is 0 Å². The van der Waals surface area contributed by atoms with E-state index >= 15 is 0 Å². The minimum atomic E-state index is 0.575. The SMILES string of the molecule is CN(C)CCCn1c(Cn2nc3ccccc3n2)nc2ccccc21. The maximum absolute atomic E-state index is 4.82. The van der Waals surface area contributed by atoms with Gasteiger partial charge >= 0.3 is 0 Å². The van der Waals surface area contributed by atoms with Gasteiger partial charge in [0.2, 0.25) is 0 Å².